The van der Waals surface area contributed by atoms with Crippen LogP contribution in [0.25, 0.3) is 0 Å². The van der Waals surface area contributed by atoms with Gasteiger partial charge in [0.05, 0.1) is 13.2 Å². The standard InChI is InChI=1S/C13H22N4O3/c1-2-3-16-10-11(14)12(18)17(13(16)19)5-4-15-6-8-20-9-7-15/h10H,2-9,14H2,1H3. The van der Waals surface area contributed by atoms with Gasteiger partial charge in [-0.2, -0.15) is 0 Å². The summed E-state index contributed by atoms with van der Waals surface area (Å²) in [5.74, 6) is 0. The molecule has 1 aliphatic heterocycles. The van der Waals surface area contributed by atoms with E-state index in [0.717, 1.165) is 19.5 Å². The quantitative estimate of drug-likeness (QED) is 0.775. The Morgan fingerprint density at radius 1 is 1.20 bits per heavy atom. The third-order valence-corrected chi connectivity index (χ3v) is 3.47. The number of anilines is 1. The van der Waals surface area contributed by atoms with E-state index in [4.69, 9.17) is 10.5 Å². The van der Waals surface area contributed by atoms with Crippen LogP contribution in [0.15, 0.2) is 15.8 Å². The molecule has 0 unspecified atom stereocenters. The molecule has 0 atom stereocenters. The van der Waals surface area contributed by atoms with Crippen molar-refractivity contribution in [1.82, 2.24) is 14.0 Å². The van der Waals surface area contributed by atoms with E-state index < -0.39 is 5.56 Å². The number of nitrogens with two attached hydrogens (primary N) is 1. The Kier molecular flexibility index (Phi) is 4.97. The molecular weight excluding hydrogens is 260 g/mol. The molecule has 2 rings (SSSR count). The highest BCUT2D eigenvalue weighted by molar-refractivity contribution is 5.30. The summed E-state index contributed by atoms with van der Waals surface area (Å²) in [5.41, 5.74) is 5.16. The molecule has 0 radical (unpaired) electrons. The van der Waals surface area contributed by atoms with Crippen LogP contribution in [0.3, 0.4) is 0 Å². The number of rotatable bonds is 5. The number of nitrogens with zero attached hydrogens (tertiary/aromatic N) is 3. The number of nitrogen functional groups attached to an aromatic ring is 1. The summed E-state index contributed by atoms with van der Waals surface area (Å²) in [5, 5.41) is 0. The fourth-order valence-electron chi connectivity index (χ4n) is 2.34. The predicted octanol–water partition coefficient (Wildman–Crippen LogP) is -0.666. The second-order valence-electron chi connectivity index (χ2n) is 4.97. The van der Waals surface area contributed by atoms with E-state index in [1.807, 2.05) is 6.92 Å². The molecule has 1 saturated heterocycles. The molecule has 7 nitrogen and oxygen atoms in total. The Labute approximate surface area is 117 Å². The van der Waals surface area contributed by atoms with E-state index in [9.17, 15) is 9.59 Å². The lowest BCUT2D eigenvalue weighted by atomic mass is 10.4. The maximum absolute atomic E-state index is 12.2. The maximum Gasteiger partial charge on any atom is 0.331 e. The number of morpholine rings is 1. The minimum Gasteiger partial charge on any atom is -0.393 e. The third-order valence-electron chi connectivity index (χ3n) is 3.47. The Morgan fingerprint density at radius 3 is 2.55 bits per heavy atom. The van der Waals surface area contributed by atoms with E-state index in [-0.39, 0.29) is 11.4 Å². The molecule has 1 aliphatic rings. The van der Waals surface area contributed by atoms with Gasteiger partial charge in [-0.1, -0.05) is 6.92 Å². The second kappa shape index (κ2) is 6.71. The monoisotopic (exact) mass is 282 g/mol. The second-order valence-corrected chi connectivity index (χ2v) is 4.97. The topological polar surface area (TPSA) is 82.5 Å². The van der Waals surface area contributed by atoms with Gasteiger partial charge in [-0.3, -0.25) is 18.8 Å². The van der Waals surface area contributed by atoms with Crippen molar-refractivity contribution in [3.05, 3.63) is 27.0 Å². The first-order valence-corrected chi connectivity index (χ1v) is 7.03. The van der Waals surface area contributed by atoms with Gasteiger partial charge < -0.3 is 10.5 Å². The van der Waals surface area contributed by atoms with Crippen LogP contribution in [0.5, 0.6) is 0 Å². The fourth-order valence-corrected chi connectivity index (χ4v) is 2.34. The van der Waals surface area contributed by atoms with Gasteiger partial charge in [0, 0.05) is 38.9 Å². The van der Waals surface area contributed by atoms with E-state index in [0.29, 0.717) is 32.8 Å². The van der Waals surface area contributed by atoms with Gasteiger partial charge in [-0.15, -0.1) is 0 Å². The molecule has 1 aromatic heterocycles. The van der Waals surface area contributed by atoms with Crippen LogP contribution in [-0.2, 0) is 17.8 Å². The molecule has 20 heavy (non-hydrogen) atoms. The normalized spacial score (nSPS) is 16.4. The Bertz CT molecular complexity index is 558. The molecule has 0 bridgehead atoms. The zero-order valence-corrected chi connectivity index (χ0v) is 11.9. The van der Waals surface area contributed by atoms with E-state index in [1.54, 1.807) is 0 Å². The van der Waals surface area contributed by atoms with Gasteiger partial charge in [0.15, 0.2) is 0 Å². The zero-order chi connectivity index (χ0) is 14.5. The van der Waals surface area contributed by atoms with Gasteiger partial charge in [0.1, 0.15) is 5.69 Å². The van der Waals surface area contributed by atoms with Crippen LogP contribution in [0, 0.1) is 0 Å². The van der Waals surface area contributed by atoms with E-state index >= 15 is 0 Å². The van der Waals surface area contributed by atoms with Crippen molar-refractivity contribution in [1.29, 1.82) is 0 Å². The Balaban J connectivity index is 2.17. The summed E-state index contributed by atoms with van der Waals surface area (Å²) >= 11 is 0. The molecule has 0 spiro atoms. The van der Waals surface area contributed by atoms with Gasteiger partial charge in [-0.25, -0.2) is 4.79 Å². The molecule has 0 amide bonds. The molecule has 0 aliphatic carbocycles. The lowest BCUT2D eigenvalue weighted by molar-refractivity contribution is 0.0361. The molecule has 1 fully saturated rings. The molecule has 0 aromatic carbocycles. The summed E-state index contributed by atoms with van der Waals surface area (Å²) in [6, 6.07) is 0. The summed E-state index contributed by atoms with van der Waals surface area (Å²) < 4.78 is 8.02. The molecule has 1 aromatic rings. The summed E-state index contributed by atoms with van der Waals surface area (Å²) in [6.45, 7) is 6.64. The first-order chi connectivity index (χ1) is 9.63. The van der Waals surface area contributed by atoms with Crippen molar-refractivity contribution >= 4 is 5.69 Å². The maximum atomic E-state index is 12.2. The van der Waals surface area contributed by atoms with Gasteiger partial charge >= 0.3 is 5.69 Å². The highest BCUT2D eigenvalue weighted by Crippen LogP contribution is 1.97. The van der Waals surface area contributed by atoms with Crippen molar-refractivity contribution in [2.24, 2.45) is 0 Å². The molecule has 7 heteroatoms. The predicted molar refractivity (Wildman–Crippen MR) is 76.9 cm³/mol. The van der Waals surface area contributed by atoms with E-state index in [1.165, 1.54) is 15.3 Å². The summed E-state index contributed by atoms with van der Waals surface area (Å²) in [6.07, 6.45) is 2.26. The van der Waals surface area contributed by atoms with Crippen LogP contribution in [0.1, 0.15) is 13.3 Å². The summed E-state index contributed by atoms with van der Waals surface area (Å²) in [7, 11) is 0. The van der Waals surface area contributed by atoms with Crippen molar-refractivity contribution in [2.45, 2.75) is 26.4 Å². The van der Waals surface area contributed by atoms with E-state index in [2.05, 4.69) is 4.90 Å². The molecule has 2 N–H and O–H groups in total. The molecule has 0 saturated carbocycles. The van der Waals surface area contributed by atoms with Crippen LogP contribution in [-0.4, -0.2) is 46.9 Å². The highest BCUT2D eigenvalue weighted by atomic mass is 16.5. The van der Waals surface area contributed by atoms with Crippen molar-refractivity contribution < 1.29 is 4.74 Å². The number of ether oxygens (including phenoxy) is 1. The molecular formula is C13H22N4O3. The van der Waals surface area contributed by atoms with Crippen LogP contribution in [0.4, 0.5) is 5.69 Å². The van der Waals surface area contributed by atoms with Crippen LogP contribution < -0.4 is 17.0 Å². The minimum atomic E-state index is -0.393. The number of hydrogen-bond donors (Lipinski definition) is 1. The smallest absolute Gasteiger partial charge is 0.331 e. The minimum absolute atomic E-state index is 0.125. The zero-order valence-electron chi connectivity index (χ0n) is 11.9. The van der Waals surface area contributed by atoms with Gasteiger partial charge in [-0.05, 0) is 6.42 Å². The van der Waals surface area contributed by atoms with Crippen molar-refractivity contribution in [2.75, 3.05) is 38.6 Å². The van der Waals surface area contributed by atoms with Crippen molar-refractivity contribution in [3.63, 3.8) is 0 Å². The average Bonchev–Trinajstić information content (AvgIpc) is 2.46. The lowest BCUT2D eigenvalue weighted by Crippen LogP contribution is -2.45. The molecule has 112 valence electrons. The first-order valence-electron chi connectivity index (χ1n) is 7.03. The fraction of sp³-hybridized carbons (Fsp3) is 0.692. The van der Waals surface area contributed by atoms with Gasteiger partial charge in [0.25, 0.3) is 5.56 Å². The Hall–Kier alpha value is -1.60. The number of hydrogen-bond acceptors (Lipinski definition) is 5. The third kappa shape index (κ3) is 3.29. The summed E-state index contributed by atoms with van der Waals surface area (Å²) in [4.78, 5) is 26.4. The van der Waals surface area contributed by atoms with Crippen LogP contribution in [0.2, 0.25) is 0 Å². The number of aromatic nitrogens is 2. The number of aryl methyl sites for hydroxylation is 1. The SMILES string of the molecule is CCCn1cc(N)c(=O)n(CCN2CCOCC2)c1=O. The highest BCUT2D eigenvalue weighted by Gasteiger charge is 2.13. The van der Waals surface area contributed by atoms with Crippen molar-refractivity contribution in [3.8, 4) is 0 Å². The Morgan fingerprint density at radius 2 is 1.90 bits per heavy atom. The van der Waals surface area contributed by atoms with Gasteiger partial charge in [0.2, 0.25) is 0 Å². The first kappa shape index (κ1) is 14.8. The largest absolute Gasteiger partial charge is 0.393 e. The lowest BCUT2D eigenvalue weighted by Gasteiger charge is -2.26. The van der Waals surface area contributed by atoms with Crippen LogP contribution >= 0.6 is 0 Å². The molecule has 2 heterocycles. The average molecular weight is 282 g/mol.